The zero-order valence-electron chi connectivity index (χ0n) is 9.03. The molecular weight excluding hydrogens is 180 g/mol. The van der Waals surface area contributed by atoms with Crippen molar-refractivity contribution >= 4 is 11.6 Å². The van der Waals surface area contributed by atoms with E-state index in [1.807, 2.05) is 0 Å². The maximum Gasteiger partial charge on any atom is 0.0440 e. The predicted molar refractivity (Wildman–Crippen MR) is 59.6 cm³/mol. The zero-order valence-corrected chi connectivity index (χ0v) is 9.79. The normalized spacial score (nSPS) is 11.8. The number of hydrogen-bond donors (Lipinski definition) is 0. The van der Waals surface area contributed by atoms with Crippen molar-refractivity contribution in [3.8, 4) is 0 Å². The molecule has 72 valence electrons. The van der Waals surface area contributed by atoms with Crippen LogP contribution in [-0.2, 0) is 5.41 Å². The Morgan fingerprint density at radius 1 is 1.08 bits per heavy atom. The lowest BCUT2D eigenvalue weighted by Gasteiger charge is -2.20. The SMILES string of the molecule is Cc1cc(C(C)(C)C)cc(Cl)c1C. The van der Waals surface area contributed by atoms with Crippen LogP contribution in [0.1, 0.15) is 37.5 Å². The van der Waals surface area contributed by atoms with Crippen molar-refractivity contribution in [3.05, 3.63) is 33.8 Å². The molecule has 0 N–H and O–H groups in total. The Balaban J connectivity index is 3.29. The van der Waals surface area contributed by atoms with E-state index in [-0.39, 0.29) is 5.41 Å². The van der Waals surface area contributed by atoms with Crippen LogP contribution in [0.25, 0.3) is 0 Å². The van der Waals surface area contributed by atoms with Crippen molar-refractivity contribution in [1.29, 1.82) is 0 Å². The van der Waals surface area contributed by atoms with Crippen LogP contribution in [-0.4, -0.2) is 0 Å². The molecule has 0 radical (unpaired) electrons. The van der Waals surface area contributed by atoms with Crippen molar-refractivity contribution in [2.24, 2.45) is 0 Å². The largest absolute Gasteiger partial charge is 0.0840 e. The van der Waals surface area contributed by atoms with Gasteiger partial charge in [-0.15, -0.1) is 0 Å². The summed E-state index contributed by atoms with van der Waals surface area (Å²) in [5.41, 5.74) is 3.95. The summed E-state index contributed by atoms with van der Waals surface area (Å²) in [6, 6.07) is 4.30. The lowest BCUT2D eigenvalue weighted by molar-refractivity contribution is 0.589. The van der Waals surface area contributed by atoms with Crippen LogP contribution in [0.3, 0.4) is 0 Å². The van der Waals surface area contributed by atoms with Gasteiger partial charge in [-0.2, -0.15) is 0 Å². The quantitative estimate of drug-likeness (QED) is 0.582. The molecule has 0 spiro atoms. The zero-order chi connectivity index (χ0) is 10.2. The Morgan fingerprint density at radius 2 is 1.62 bits per heavy atom. The molecule has 1 rings (SSSR count). The molecule has 0 saturated heterocycles. The van der Waals surface area contributed by atoms with E-state index < -0.39 is 0 Å². The summed E-state index contributed by atoms with van der Waals surface area (Å²) in [6.45, 7) is 10.8. The molecule has 1 aromatic rings. The average Bonchev–Trinajstić information content (AvgIpc) is 1.97. The number of rotatable bonds is 0. The fraction of sp³-hybridized carbons (Fsp3) is 0.500. The third-order valence-electron chi connectivity index (χ3n) is 2.47. The van der Waals surface area contributed by atoms with Crippen LogP contribution >= 0.6 is 11.6 Å². The van der Waals surface area contributed by atoms with E-state index in [2.05, 4.69) is 46.8 Å². The van der Waals surface area contributed by atoms with Crippen LogP contribution in [0.5, 0.6) is 0 Å². The average molecular weight is 197 g/mol. The van der Waals surface area contributed by atoms with E-state index in [1.165, 1.54) is 16.7 Å². The lowest BCUT2D eigenvalue weighted by Crippen LogP contribution is -2.11. The number of aryl methyl sites for hydroxylation is 1. The summed E-state index contributed by atoms with van der Waals surface area (Å²) >= 11 is 6.13. The smallest absolute Gasteiger partial charge is 0.0440 e. The van der Waals surface area contributed by atoms with E-state index in [0.29, 0.717) is 0 Å². The summed E-state index contributed by atoms with van der Waals surface area (Å²) in [4.78, 5) is 0. The minimum absolute atomic E-state index is 0.183. The van der Waals surface area contributed by atoms with E-state index >= 15 is 0 Å². The van der Waals surface area contributed by atoms with E-state index in [4.69, 9.17) is 11.6 Å². The molecule has 0 aromatic heterocycles. The van der Waals surface area contributed by atoms with Gasteiger partial charge in [0.1, 0.15) is 0 Å². The Morgan fingerprint density at radius 3 is 2.00 bits per heavy atom. The minimum atomic E-state index is 0.183. The lowest BCUT2D eigenvalue weighted by atomic mass is 9.85. The van der Waals surface area contributed by atoms with Gasteiger partial charge in [0, 0.05) is 5.02 Å². The van der Waals surface area contributed by atoms with Gasteiger partial charge in [0.25, 0.3) is 0 Å². The first-order valence-corrected chi connectivity index (χ1v) is 4.97. The van der Waals surface area contributed by atoms with Gasteiger partial charge < -0.3 is 0 Å². The first-order valence-electron chi connectivity index (χ1n) is 4.59. The Kier molecular flexibility index (Phi) is 2.72. The highest BCUT2D eigenvalue weighted by Crippen LogP contribution is 2.28. The topological polar surface area (TPSA) is 0 Å². The Bertz CT molecular complexity index is 295. The van der Waals surface area contributed by atoms with Gasteiger partial charge in [-0.1, -0.05) is 38.4 Å². The van der Waals surface area contributed by atoms with Gasteiger partial charge in [-0.25, -0.2) is 0 Å². The number of hydrogen-bond acceptors (Lipinski definition) is 0. The van der Waals surface area contributed by atoms with Gasteiger partial charge in [0.2, 0.25) is 0 Å². The second-order valence-electron chi connectivity index (χ2n) is 4.65. The molecule has 0 aliphatic heterocycles. The van der Waals surface area contributed by atoms with E-state index in [0.717, 1.165) is 5.02 Å². The van der Waals surface area contributed by atoms with E-state index in [1.54, 1.807) is 0 Å². The van der Waals surface area contributed by atoms with Gasteiger partial charge in [0.05, 0.1) is 0 Å². The highest BCUT2D eigenvalue weighted by Gasteiger charge is 2.15. The summed E-state index contributed by atoms with van der Waals surface area (Å²) in [6.07, 6.45) is 0. The first-order chi connectivity index (χ1) is 5.82. The summed E-state index contributed by atoms with van der Waals surface area (Å²) < 4.78 is 0. The molecule has 0 amide bonds. The molecule has 0 aliphatic rings. The van der Waals surface area contributed by atoms with Crippen LogP contribution in [0, 0.1) is 13.8 Å². The molecule has 0 fully saturated rings. The second-order valence-corrected chi connectivity index (χ2v) is 5.06. The molecule has 1 aromatic carbocycles. The fourth-order valence-corrected chi connectivity index (χ4v) is 1.52. The van der Waals surface area contributed by atoms with Crippen LogP contribution in [0.2, 0.25) is 5.02 Å². The van der Waals surface area contributed by atoms with Crippen LogP contribution in [0.15, 0.2) is 12.1 Å². The summed E-state index contributed by atoms with van der Waals surface area (Å²) in [7, 11) is 0. The highest BCUT2D eigenvalue weighted by atomic mass is 35.5. The molecular formula is C12H17Cl. The van der Waals surface area contributed by atoms with Crippen molar-refractivity contribution in [2.75, 3.05) is 0 Å². The molecule has 0 atom stereocenters. The van der Waals surface area contributed by atoms with Crippen LogP contribution < -0.4 is 0 Å². The van der Waals surface area contributed by atoms with Gasteiger partial charge >= 0.3 is 0 Å². The van der Waals surface area contributed by atoms with Gasteiger partial charge in [-0.3, -0.25) is 0 Å². The first kappa shape index (κ1) is 10.6. The molecule has 0 aliphatic carbocycles. The molecule has 0 unspecified atom stereocenters. The Hall–Kier alpha value is -0.490. The number of halogens is 1. The maximum absolute atomic E-state index is 6.13. The summed E-state index contributed by atoms with van der Waals surface area (Å²) in [5, 5.41) is 0.880. The number of benzene rings is 1. The van der Waals surface area contributed by atoms with Crippen LogP contribution in [0.4, 0.5) is 0 Å². The highest BCUT2D eigenvalue weighted by molar-refractivity contribution is 6.31. The fourth-order valence-electron chi connectivity index (χ4n) is 1.25. The monoisotopic (exact) mass is 196 g/mol. The third-order valence-corrected chi connectivity index (χ3v) is 2.86. The van der Waals surface area contributed by atoms with Crippen molar-refractivity contribution < 1.29 is 0 Å². The van der Waals surface area contributed by atoms with Crippen molar-refractivity contribution in [1.82, 2.24) is 0 Å². The predicted octanol–water partition coefficient (Wildman–Crippen LogP) is 4.25. The standard InChI is InChI=1S/C12H17Cl/c1-8-6-10(12(3,4)5)7-11(13)9(8)2/h6-7H,1-5H3. The molecule has 1 heteroatoms. The Labute approximate surface area is 85.9 Å². The van der Waals surface area contributed by atoms with Crippen molar-refractivity contribution in [2.45, 2.75) is 40.0 Å². The van der Waals surface area contributed by atoms with E-state index in [9.17, 15) is 0 Å². The van der Waals surface area contributed by atoms with Gasteiger partial charge in [-0.05, 0) is 42.0 Å². The minimum Gasteiger partial charge on any atom is -0.0840 e. The molecule has 0 nitrogen and oxygen atoms in total. The second kappa shape index (κ2) is 3.34. The van der Waals surface area contributed by atoms with Crippen molar-refractivity contribution in [3.63, 3.8) is 0 Å². The maximum atomic E-state index is 6.13. The molecule has 0 saturated carbocycles. The summed E-state index contributed by atoms with van der Waals surface area (Å²) in [5.74, 6) is 0. The third kappa shape index (κ3) is 2.25. The van der Waals surface area contributed by atoms with Gasteiger partial charge in [0.15, 0.2) is 0 Å². The molecule has 13 heavy (non-hydrogen) atoms. The molecule has 0 heterocycles. The molecule has 0 bridgehead atoms.